The fraction of sp³-hybridized carbons (Fsp3) is 0.625. The minimum atomic E-state index is -0.889. The second-order valence-electron chi connectivity index (χ2n) is 2.08. The molecule has 0 fully saturated rings. The Morgan fingerprint density at radius 3 is 2.55 bits per heavy atom. The molecule has 0 rings (SSSR count). The third-order valence-corrected chi connectivity index (χ3v) is 1.19. The molecule has 3 heteroatoms. The lowest BCUT2D eigenvalue weighted by molar-refractivity contribution is -0.133. The second-order valence-corrected chi connectivity index (χ2v) is 2.08. The van der Waals surface area contributed by atoms with Gasteiger partial charge in [0.05, 0.1) is 12.2 Å². The third kappa shape index (κ3) is 4.56. The summed E-state index contributed by atoms with van der Waals surface area (Å²) >= 11 is 0. The summed E-state index contributed by atoms with van der Waals surface area (Å²) in [6.45, 7) is 4.49. The predicted molar refractivity (Wildman–Crippen MR) is 42.5 cm³/mol. The maximum atomic E-state index is 10.4. The van der Waals surface area contributed by atoms with Crippen LogP contribution >= 0.6 is 0 Å². The van der Waals surface area contributed by atoms with Crippen molar-refractivity contribution in [1.82, 2.24) is 0 Å². The molecule has 0 amide bonds. The van der Waals surface area contributed by atoms with Gasteiger partial charge in [-0.2, -0.15) is 0 Å². The average Bonchev–Trinajstić information content (AvgIpc) is 1.97. The fourth-order valence-electron chi connectivity index (χ4n) is 0.666. The van der Waals surface area contributed by atoms with Crippen molar-refractivity contribution in [2.75, 3.05) is 13.2 Å². The van der Waals surface area contributed by atoms with E-state index in [1.807, 2.05) is 13.8 Å². The van der Waals surface area contributed by atoms with E-state index in [0.29, 0.717) is 12.2 Å². The minimum absolute atomic E-state index is 0.208. The Balaban J connectivity index is 3.90. The topological polar surface area (TPSA) is 46.5 Å². The molecule has 0 aromatic rings. The summed E-state index contributed by atoms with van der Waals surface area (Å²) in [7, 11) is 0. The van der Waals surface area contributed by atoms with E-state index in [1.54, 1.807) is 6.08 Å². The number of hydrogen-bond donors (Lipinski definition) is 1. The molecule has 3 nitrogen and oxygen atoms in total. The molecule has 0 saturated carbocycles. The highest BCUT2D eigenvalue weighted by molar-refractivity contribution is 5.86. The van der Waals surface area contributed by atoms with Crippen LogP contribution in [0.3, 0.4) is 0 Å². The van der Waals surface area contributed by atoms with Crippen LogP contribution in [0.25, 0.3) is 0 Å². The summed E-state index contributed by atoms with van der Waals surface area (Å²) < 4.78 is 4.96. The highest BCUT2D eigenvalue weighted by Crippen LogP contribution is 1.97. The van der Waals surface area contributed by atoms with Crippen LogP contribution in [-0.2, 0) is 9.53 Å². The Labute approximate surface area is 66.7 Å². The second kappa shape index (κ2) is 5.92. The number of ether oxygens (including phenoxy) is 1. The molecule has 0 bridgehead atoms. The standard InChI is InChI=1S/C8H14O3/c1-3-5-7(8(9)10)6-11-4-2/h5H,3-4,6H2,1-2H3,(H,9,10). The number of carbonyl (C=O) groups is 1. The van der Waals surface area contributed by atoms with E-state index in [9.17, 15) is 4.79 Å². The quantitative estimate of drug-likeness (QED) is 0.616. The number of carboxylic acids is 1. The first kappa shape index (κ1) is 10.2. The molecule has 0 saturated heterocycles. The van der Waals surface area contributed by atoms with Crippen LogP contribution < -0.4 is 0 Å². The SMILES string of the molecule is CCC=C(COCC)C(=O)O. The maximum Gasteiger partial charge on any atom is 0.333 e. The molecule has 0 aliphatic heterocycles. The van der Waals surface area contributed by atoms with E-state index in [-0.39, 0.29) is 6.61 Å². The predicted octanol–water partition coefficient (Wildman–Crippen LogP) is 1.44. The van der Waals surface area contributed by atoms with Crippen LogP contribution in [0.2, 0.25) is 0 Å². The van der Waals surface area contributed by atoms with Gasteiger partial charge in [-0.05, 0) is 13.3 Å². The fourth-order valence-corrected chi connectivity index (χ4v) is 0.666. The third-order valence-electron chi connectivity index (χ3n) is 1.19. The van der Waals surface area contributed by atoms with Gasteiger partial charge in [0, 0.05) is 6.61 Å². The molecule has 64 valence electrons. The van der Waals surface area contributed by atoms with Gasteiger partial charge >= 0.3 is 5.97 Å². The summed E-state index contributed by atoms with van der Waals surface area (Å²) in [5.74, 6) is -0.889. The molecule has 0 aliphatic rings. The van der Waals surface area contributed by atoms with Gasteiger partial charge in [0.15, 0.2) is 0 Å². The summed E-state index contributed by atoms with van der Waals surface area (Å²) in [4.78, 5) is 10.4. The molecule has 0 unspecified atom stereocenters. The first-order chi connectivity index (χ1) is 5.22. The van der Waals surface area contributed by atoms with Crippen LogP contribution in [0.1, 0.15) is 20.3 Å². The highest BCUT2D eigenvalue weighted by Gasteiger charge is 2.04. The smallest absolute Gasteiger partial charge is 0.333 e. The van der Waals surface area contributed by atoms with Crippen LogP contribution in [0.4, 0.5) is 0 Å². The van der Waals surface area contributed by atoms with Crippen molar-refractivity contribution in [3.8, 4) is 0 Å². The molecule has 0 heterocycles. The molecule has 0 aliphatic carbocycles. The van der Waals surface area contributed by atoms with Crippen LogP contribution in [-0.4, -0.2) is 24.3 Å². The van der Waals surface area contributed by atoms with Gasteiger partial charge in [-0.3, -0.25) is 0 Å². The van der Waals surface area contributed by atoms with Crippen molar-refractivity contribution in [2.45, 2.75) is 20.3 Å². The van der Waals surface area contributed by atoms with Gasteiger partial charge < -0.3 is 9.84 Å². The van der Waals surface area contributed by atoms with Crippen molar-refractivity contribution in [3.63, 3.8) is 0 Å². The molecule has 0 aromatic carbocycles. The van der Waals surface area contributed by atoms with E-state index < -0.39 is 5.97 Å². The van der Waals surface area contributed by atoms with E-state index in [2.05, 4.69) is 0 Å². The Bertz CT molecular complexity index is 149. The molecular formula is C8H14O3. The number of allylic oxidation sites excluding steroid dienone is 1. The van der Waals surface area contributed by atoms with Crippen molar-refractivity contribution in [3.05, 3.63) is 11.6 Å². The van der Waals surface area contributed by atoms with Crippen molar-refractivity contribution in [1.29, 1.82) is 0 Å². The van der Waals surface area contributed by atoms with E-state index in [4.69, 9.17) is 9.84 Å². The average molecular weight is 158 g/mol. The molecule has 0 radical (unpaired) electrons. The zero-order chi connectivity index (χ0) is 8.69. The van der Waals surface area contributed by atoms with Crippen molar-refractivity contribution in [2.24, 2.45) is 0 Å². The number of carboxylic acid groups (broad SMARTS) is 1. The molecule has 1 N–H and O–H groups in total. The van der Waals surface area contributed by atoms with Gasteiger partial charge in [-0.15, -0.1) is 0 Å². The van der Waals surface area contributed by atoms with Gasteiger partial charge in [0.1, 0.15) is 0 Å². The minimum Gasteiger partial charge on any atom is -0.478 e. The number of hydrogen-bond acceptors (Lipinski definition) is 2. The Morgan fingerprint density at radius 2 is 2.18 bits per heavy atom. The van der Waals surface area contributed by atoms with Crippen molar-refractivity contribution < 1.29 is 14.6 Å². The monoisotopic (exact) mass is 158 g/mol. The lowest BCUT2D eigenvalue weighted by Crippen LogP contribution is -2.07. The zero-order valence-electron chi connectivity index (χ0n) is 6.96. The first-order valence-corrected chi connectivity index (χ1v) is 3.72. The van der Waals surface area contributed by atoms with Crippen molar-refractivity contribution >= 4 is 5.97 Å². The van der Waals surface area contributed by atoms with Crippen LogP contribution in [0.5, 0.6) is 0 Å². The van der Waals surface area contributed by atoms with E-state index in [1.165, 1.54) is 0 Å². The van der Waals surface area contributed by atoms with E-state index in [0.717, 1.165) is 6.42 Å². The first-order valence-electron chi connectivity index (χ1n) is 3.72. The lowest BCUT2D eigenvalue weighted by atomic mass is 10.2. The van der Waals surface area contributed by atoms with Gasteiger partial charge in [0.25, 0.3) is 0 Å². The summed E-state index contributed by atoms with van der Waals surface area (Å²) in [5.41, 5.74) is 0.342. The molecule has 0 atom stereocenters. The molecule has 0 aromatic heterocycles. The number of aliphatic carboxylic acids is 1. The van der Waals surface area contributed by atoms with Gasteiger partial charge in [-0.25, -0.2) is 4.79 Å². The highest BCUT2D eigenvalue weighted by atomic mass is 16.5. The Hall–Kier alpha value is -0.830. The summed E-state index contributed by atoms with van der Waals surface area (Å²) in [6.07, 6.45) is 2.40. The van der Waals surface area contributed by atoms with Gasteiger partial charge in [-0.1, -0.05) is 13.0 Å². The summed E-state index contributed by atoms with van der Waals surface area (Å²) in [5, 5.41) is 8.58. The zero-order valence-corrected chi connectivity index (χ0v) is 6.96. The number of rotatable bonds is 5. The lowest BCUT2D eigenvalue weighted by Gasteiger charge is -2.00. The molecule has 11 heavy (non-hydrogen) atoms. The summed E-state index contributed by atoms with van der Waals surface area (Å²) in [6, 6.07) is 0. The molecular weight excluding hydrogens is 144 g/mol. The van der Waals surface area contributed by atoms with E-state index >= 15 is 0 Å². The Kier molecular flexibility index (Phi) is 5.47. The van der Waals surface area contributed by atoms with Crippen LogP contribution in [0.15, 0.2) is 11.6 Å². The van der Waals surface area contributed by atoms with Gasteiger partial charge in [0.2, 0.25) is 0 Å². The maximum absolute atomic E-state index is 10.4. The normalized spacial score (nSPS) is 11.6. The largest absolute Gasteiger partial charge is 0.478 e. The van der Waals surface area contributed by atoms with Crippen LogP contribution in [0, 0.1) is 0 Å². The Morgan fingerprint density at radius 1 is 1.55 bits per heavy atom. The molecule has 0 spiro atoms.